The lowest BCUT2D eigenvalue weighted by Gasteiger charge is -2.11. The zero-order valence-corrected chi connectivity index (χ0v) is 16.7. The molecular weight excluding hydrogens is 399 g/mol. The minimum atomic E-state index is -0.700. The second-order valence-electron chi connectivity index (χ2n) is 6.89. The molecule has 0 fully saturated rings. The second-order valence-corrected chi connectivity index (χ2v) is 6.89. The summed E-state index contributed by atoms with van der Waals surface area (Å²) in [7, 11) is 1.37. The van der Waals surface area contributed by atoms with Gasteiger partial charge in [0.2, 0.25) is 0 Å². The van der Waals surface area contributed by atoms with Gasteiger partial charge >= 0.3 is 5.97 Å². The van der Waals surface area contributed by atoms with Crippen molar-refractivity contribution in [2.24, 2.45) is 0 Å². The van der Waals surface area contributed by atoms with Crippen molar-refractivity contribution >= 4 is 16.7 Å². The lowest BCUT2D eigenvalue weighted by molar-refractivity contribution is 0.0465. The van der Waals surface area contributed by atoms with E-state index in [1.165, 1.54) is 23.9 Å². The third-order valence-electron chi connectivity index (χ3n) is 4.82. The molecule has 1 heterocycles. The van der Waals surface area contributed by atoms with Gasteiger partial charge in [0.1, 0.15) is 6.61 Å². The first-order valence-electron chi connectivity index (χ1n) is 9.60. The van der Waals surface area contributed by atoms with Crippen molar-refractivity contribution in [3.8, 4) is 5.75 Å². The van der Waals surface area contributed by atoms with Crippen molar-refractivity contribution in [2.75, 3.05) is 7.11 Å². The van der Waals surface area contributed by atoms with Crippen molar-refractivity contribution in [3.05, 3.63) is 106 Å². The van der Waals surface area contributed by atoms with Gasteiger partial charge in [0.05, 0.1) is 19.0 Å². The first kappa shape index (κ1) is 20.3. The van der Waals surface area contributed by atoms with E-state index in [4.69, 9.17) is 9.47 Å². The molecule has 7 heteroatoms. The highest BCUT2D eigenvalue weighted by Crippen LogP contribution is 2.19. The van der Waals surface area contributed by atoms with E-state index in [1.54, 1.807) is 30.3 Å². The molecule has 0 aliphatic rings. The van der Waals surface area contributed by atoms with Crippen molar-refractivity contribution in [3.63, 3.8) is 0 Å². The molecule has 0 saturated heterocycles. The summed E-state index contributed by atoms with van der Waals surface area (Å²) in [6.07, 6.45) is 0. The molecule has 0 unspecified atom stereocenters. The number of esters is 1. The summed E-state index contributed by atoms with van der Waals surface area (Å²) in [5, 5.41) is 5.06. The summed E-state index contributed by atoms with van der Waals surface area (Å²) < 4.78 is 25.4. The molecule has 0 aliphatic carbocycles. The number of benzene rings is 3. The van der Waals surface area contributed by atoms with Gasteiger partial charge in [-0.1, -0.05) is 54.6 Å². The Morgan fingerprint density at radius 3 is 2.39 bits per heavy atom. The second kappa shape index (κ2) is 8.79. The molecule has 6 nitrogen and oxygen atoms in total. The fraction of sp³-hybridized carbons (Fsp3) is 0.125. The zero-order valence-electron chi connectivity index (χ0n) is 16.7. The largest absolute Gasteiger partial charge is 0.494 e. The van der Waals surface area contributed by atoms with Gasteiger partial charge in [-0.15, -0.1) is 0 Å². The van der Waals surface area contributed by atoms with E-state index in [-0.39, 0.29) is 30.2 Å². The van der Waals surface area contributed by atoms with Crippen molar-refractivity contribution in [2.45, 2.75) is 13.2 Å². The van der Waals surface area contributed by atoms with Gasteiger partial charge in [0, 0.05) is 5.39 Å². The van der Waals surface area contributed by atoms with Crippen LogP contribution in [0.3, 0.4) is 0 Å². The normalized spacial score (nSPS) is 10.8. The maximum Gasteiger partial charge on any atom is 0.359 e. The van der Waals surface area contributed by atoms with Crippen molar-refractivity contribution in [1.29, 1.82) is 0 Å². The molecule has 0 bridgehead atoms. The van der Waals surface area contributed by atoms with Crippen molar-refractivity contribution in [1.82, 2.24) is 9.78 Å². The number of ether oxygens (including phenoxy) is 2. The molecule has 0 radical (unpaired) electrons. The maximum atomic E-state index is 13.9. The third kappa shape index (κ3) is 4.30. The molecule has 31 heavy (non-hydrogen) atoms. The Labute approximate surface area is 177 Å². The molecule has 0 spiro atoms. The summed E-state index contributed by atoms with van der Waals surface area (Å²) in [5.74, 6) is -1.14. The Hall–Kier alpha value is -4.00. The molecule has 1 aromatic heterocycles. The average molecular weight is 418 g/mol. The maximum absolute atomic E-state index is 13.9. The van der Waals surface area contributed by atoms with Crippen LogP contribution in [-0.2, 0) is 17.9 Å². The smallest absolute Gasteiger partial charge is 0.359 e. The number of nitrogens with zero attached hydrogens (tertiary/aromatic N) is 2. The fourth-order valence-corrected chi connectivity index (χ4v) is 3.27. The minimum Gasteiger partial charge on any atom is -0.494 e. The summed E-state index contributed by atoms with van der Waals surface area (Å²) >= 11 is 0. The number of methoxy groups -OCH3 is 1. The molecule has 0 aliphatic heterocycles. The van der Waals surface area contributed by atoms with Crippen LogP contribution in [0.2, 0.25) is 0 Å². The van der Waals surface area contributed by atoms with Crippen LogP contribution < -0.4 is 10.3 Å². The van der Waals surface area contributed by atoms with E-state index in [2.05, 4.69) is 5.10 Å². The first-order chi connectivity index (χ1) is 15.1. The molecule has 4 rings (SSSR count). The third-order valence-corrected chi connectivity index (χ3v) is 4.82. The summed E-state index contributed by atoms with van der Waals surface area (Å²) in [6.45, 7) is 0.0715. The topological polar surface area (TPSA) is 70.4 Å². The van der Waals surface area contributed by atoms with Gasteiger partial charge in [0.25, 0.3) is 5.56 Å². The van der Waals surface area contributed by atoms with Crippen LogP contribution in [0, 0.1) is 5.82 Å². The van der Waals surface area contributed by atoms with Crippen molar-refractivity contribution < 1.29 is 18.7 Å². The van der Waals surface area contributed by atoms with E-state index in [0.717, 1.165) is 5.56 Å². The number of carbonyl (C=O) groups is 1. The number of fused-ring (bicyclic) bond motifs is 1. The van der Waals surface area contributed by atoms with Crippen LogP contribution in [0.4, 0.5) is 4.39 Å². The number of hydrogen-bond donors (Lipinski definition) is 0. The minimum absolute atomic E-state index is 0.0279. The lowest BCUT2D eigenvalue weighted by atomic mass is 10.1. The Morgan fingerprint density at radius 2 is 1.68 bits per heavy atom. The Kier molecular flexibility index (Phi) is 5.75. The predicted molar refractivity (Wildman–Crippen MR) is 114 cm³/mol. The Bertz CT molecular complexity index is 1300. The molecule has 4 aromatic rings. The standard InChI is InChI=1S/C24H19FN2O4/c1-30-21-12-11-17(13-20(21)25)15-31-24(29)22-18-9-5-6-10-19(18)23(28)27(26-22)14-16-7-3-2-4-8-16/h2-13H,14-15H2,1H3. The number of hydrogen-bond acceptors (Lipinski definition) is 5. The van der Waals surface area contributed by atoms with E-state index in [0.29, 0.717) is 16.3 Å². The van der Waals surface area contributed by atoms with Gasteiger partial charge in [-0.25, -0.2) is 13.9 Å². The van der Waals surface area contributed by atoms with Crippen LogP contribution in [0.25, 0.3) is 10.8 Å². The Morgan fingerprint density at radius 1 is 0.968 bits per heavy atom. The predicted octanol–water partition coefficient (Wildman–Crippen LogP) is 3.95. The molecular formula is C24H19FN2O4. The van der Waals surface area contributed by atoms with Crippen LogP contribution in [0.1, 0.15) is 21.6 Å². The van der Waals surface area contributed by atoms with Crippen LogP contribution >= 0.6 is 0 Å². The first-order valence-corrected chi connectivity index (χ1v) is 9.60. The van der Waals surface area contributed by atoms with E-state index in [9.17, 15) is 14.0 Å². The fourth-order valence-electron chi connectivity index (χ4n) is 3.27. The highest BCUT2D eigenvalue weighted by atomic mass is 19.1. The van der Waals surface area contributed by atoms with Gasteiger partial charge < -0.3 is 9.47 Å². The summed E-state index contributed by atoms with van der Waals surface area (Å²) in [4.78, 5) is 25.7. The number of carbonyl (C=O) groups excluding carboxylic acids is 1. The average Bonchev–Trinajstić information content (AvgIpc) is 2.80. The molecule has 156 valence electrons. The molecule has 0 amide bonds. The monoisotopic (exact) mass is 418 g/mol. The molecule has 0 N–H and O–H groups in total. The van der Waals surface area contributed by atoms with Gasteiger partial charge in [-0.2, -0.15) is 5.10 Å². The molecule has 0 atom stereocenters. The van der Waals surface area contributed by atoms with Gasteiger partial charge in [-0.3, -0.25) is 4.79 Å². The summed E-state index contributed by atoms with van der Waals surface area (Å²) in [6, 6.07) is 20.4. The number of halogens is 1. The quantitative estimate of drug-likeness (QED) is 0.444. The van der Waals surface area contributed by atoms with Gasteiger partial charge in [-0.05, 0) is 29.3 Å². The highest BCUT2D eigenvalue weighted by Gasteiger charge is 2.18. The number of aromatic nitrogens is 2. The number of rotatable bonds is 6. The molecule has 3 aromatic carbocycles. The Balaban J connectivity index is 1.65. The van der Waals surface area contributed by atoms with E-state index in [1.807, 2.05) is 30.3 Å². The highest BCUT2D eigenvalue weighted by molar-refractivity contribution is 6.02. The van der Waals surface area contributed by atoms with E-state index < -0.39 is 11.8 Å². The summed E-state index contributed by atoms with van der Waals surface area (Å²) in [5.41, 5.74) is 1.07. The van der Waals surface area contributed by atoms with E-state index >= 15 is 0 Å². The van der Waals surface area contributed by atoms with Crippen LogP contribution in [-0.4, -0.2) is 22.9 Å². The SMILES string of the molecule is COc1ccc(COC(=O)c2nn(Cc3ccccc3)c(=O)c3ccccc23)cc1F. The van der Waals surface area contributed by atoms with Gasteiger partial charge in [0.15, 0.2) is 17.3 Å². The molecule has 0 saturated carbocycles. The lowest BCUT2D eigenvalue weighted by Crippen LogP contribution is -2.27. The van der Waals surface area contributed by atoms with Crippen LogP contribution in [0.5, 0.6) is 5.75 Å². The van der Waals surface area contributed by atoms with Crippen LogP contribution in [0.15, 0.2) is 77.6 Å². The zero-order chi connectivity index (χ0) is 21.8.